The quantitative estimate of drug-likeness (QED) is 0.459. The number of halogens is 1. The van der Waals surface area contributed by atoms with Crippen molar-refractivity contribution < 1.29 is 19.1 Å². The lowest BCUT2D eigenvalue weighted by Crippen LogP contribution is -2.52. The Morgan fingerprint density at radius 3 is 2.44 bits per heavy atom. The predicted molar refractivity (Wildman–Crippen MR) is 139 cm³/mol. The van der Waals surface area contributed by atoms with Crippen molar-refractivity contribution in [1.82, 2.24) is 4.90 Å². The smallest absolute Gasteiger partial charge is 0.303 e. The maximum Gasteiger partial charge on any atom is 0.303 e. The summed E-state index contributed by atoms with van der Waals surface area (Å²) in [5.41, 5.74) is 2.29. The number of amides is 1. The number of carboxylic acids is 1. The summed E-state index contributed by atoms with van der Waals surface area (Å²) in [4.78, 5) is 32.2. The van der Waals surface area contributed by atoms with Gasteiger partial charge in [-0.25, -0.2) is 4.39 Å². The van der Waals surface area contributed by atoms with E-state index in [9.17, 15) is 9.59 Å². The molecule has 36 heavy (non-hydrogen) atoms. The van der Waals surface area contributed by atoms with Crippen molar-refractivity contribution >= 4 is 17.6 Å². The lowest BCUT2D eigenvalue weighted by Gasteiger charge is -2.47. The molecule has 5 nitrogen and oxygen atoms in total. The molecule has 1 N–H and O–H groups in total. The standard InChI is InChI=1S/C30H37FN2O3/c1-5-7-25(23-13-10-22(11-14-23)12-15-26(34)35)33-29(36)28(24-9-6-8-21(4)27(24)31)32-30(33)17-19(2)16-20(3)18-30/h6,8-11,13-14,19-20,25H,5,7,12,15-18H2,1-4H3,(H,34,35). The van der Waals surface area contributed by atoms with E-state index >= 15 is 4.39 Å². The first-order valence-corrected chi connectivity index (χ1v) is 13.1. The zero-order valence-electron chi connectivity index (χ0n) is 21.8. The highest BCUT2D eigenvalue weighted by molar-refractivity contribution is 6.47. The number of hydrogen-bond donors (Lipinski definition) is 1. The van der Waals surface area contributed by atoms with Crippen molar-refractivity contribution in [2.24, 2.45) is 16.8 Å². The van der Waals surface area contributed by atoms with Crippen LogP contribution in [-0.4, -0.2) is 33.3 Å². The second kappa shape index (κ2) is 10.5. The van der Waals surface area contributed by atoms with Gasteiger partial charge in [-0.3, -0.25) is 14.6 Å². The van der Waals surface area contributed by atoms with E-state index < -0.39 is 11.6 Å². The maximum absolute atomic E-state index is 15.2. The molecule has 6 heteroatoms. The molecule has 2 aliphatic rings. The molecule has 0 radical (unpaired) electrons. The molecule has 1 heterocycles. The number of benzene rings is 2. The molecular weight excluding hydrogens is 455 g/mol. The van der Waals surface area contributed by atoms with E-state index in [0.717, 1.165) is 43.2 Å². The highest BCUT2D eigenvalue weighted by Gasteiger charge is 2.53. The number of aliphatic carboxylic acids is 1. The first-order valence-electron chi connectivity index (χ1n) is 13.1. The Balaban J connectivity index is 1.78. The molecule has 1 saturated carbocycles. The summed E-state index contributed by atoms with van der Waals surface area (Å²) in [6.45, 7) is 8.25. The largest absolute Gasteiger partial charge is 0.481 e. The maximum atomic E-state index is 15.2. The minimum Gasteiger partial charge on any atom is -0.481 e. The van der Waals surface area contributed by atoms with E-state index in [1.54, 1.807) is 25.1 Å². The third kappa shape index (κ3) is 5.09. The second-order valence-corrected chi connectivity index (χ2v) is 10.8. The number of carbonyl (C=O) groups excluding carboxylic acids is 1. The number of hydrogen-bond acceptors (Lipinski definition) is 3. The molecule has 0 aromatic heterocycles. The molecule has 1 amide bonds. The fourth-order valence-electron chi connectivity index (χ4n) is 6.27. The van der Waals surface area contributed by atoms with Crippen LogP contribution in [-0.2, 0) is 16.0 Å². The Bertz CT molecular complexity index is 1150. The van der Waals surface area contributed by atoms with Gasteiger partial charge in [0, 0.05) is 12.0 Å². The number of aryl methyl sites for hydroxylation is 2. The predicted octanol–water partition coefficient (Wildman–Crippen LogP) is 6.48. The summed E-state index contributed by atoms with van der Waals surface area (Å²) in [5.74, 6) is -0.603. The first-order chi connectivity index (χ1) is 17.1. The molecule has 2 aromatic rings. The molecule has 3 unspecified atom stereocenters. The number of nitrogens with zero attached hydrogens (tertiary/aromatic N) is 2. The van der Waals surface area contributed by atoms with E-state index in [0.29, 0.717) is 23.8 Å². The van der Waals surface area contributed by atoms with Crippen molar-refractivity contribution in [3.05, 3.63) is 70.5 Å². The van der Waals surface area contributed by atoms with Gasteiger partial charge >= 0.3 is 5.97 Å². The van der Waals surface area contributed by atoms with Gasteiger partial charge in [-0.1, -0.05) is 63.6 Å². The lowest BCUT2D eigenvalue weighted by molar-refractivity contribution is -0.137. The molecule has 0 saturated heterocycles. The summed E-state index contributed by atoms with van der Waals surface area (Å²) in [6, 6.07) is 12.9. The van der Waals surface area contributed by atoms with Gasteiger partial charge in [-0.2, -0.15) is 0 Å². The van der Waals surface area contributed by atoms with Gasteiger partial charge in [-0.05, 0) is 73.6 Å². The Hall–Kier alpha value is -3.02. The molecule has 3 atom stereocenters. The Morgan fingerprint density at radius 1 is 1.17 bits per heavy atom. The summed E-state index contributed by atoms with van der Waals surface area (Å²) in [6.07, 6.45) is 4.81. The van der Waals surface area contributed by atoms with E-state index in [1.807, 2.05) is 29.2 Å². The normalized spacial score (nSPS) is 24.8. The monoisotopic (exact) mass is 492 g/mol. The van der Waals surface area contributed by atoms with Crippen molar-refractivity contribution in [1.29, 1.82) is 0 Å². The van der Waals surface area contributed by atoms with Crippen LogP contribution in [0.2, 0.25) is 0 Å². The van der Waals surface area contributed by atoms with Crippen LogP contribution in [0.1, 0.15) is 87.6 Å². The molecule has 1 fully saturated rings. The number of carbonyl (C=O) groups is 2. The van der Waals surface area contributed by atoms with Gasteiger partial charge in [0.05, 0.1) is 6.04 Å². The van der Waals surface area contributed by atoms with Crippen LogP contribution in [0.5, 0.6) is 0 Å². The Labute approximate surface area is 213 Å². The van der Waals surface area contributed by atoms with Crippen LogP contribution < -0.4 is 0 Å². The lowest BCUT2D eigenvalue weighted by atomic mass is 9.75. The average molecular weight is 493 g/mol. The molecular formula is C30H37FN2O3. The van der Waals surface area contributed by atoms with Gasteiger partial charge in [-0.15, -0.1) is 0 Å². The third-order valence-electron chi connectivity index (χ3n) is 7.66. The van der Waals surface area contributed by atoms with E-state index in [-0.39, 0.29) is 35.5 Å². The molecule has 0 bridgehead atoms. The molecule has 1 aliphatic carbocycles. The van der Waals surface area contributed by atoms with Gasteiger partial charge in [0.15, 0.2) is 0 Å². The zero-order chi connectivity index (χ0) is 26.0. The van der Waals surface area contributed by atoms with Crippen molar-refractivity contribution in [2.45, 2.75) is 84.3 Å². The summed E-state index contributed by atoms with van der Waals surface area (Å²) in [7, 11) is 0. The van der Waals surface area contributed by atoms with Crippen LogP contribution >= 0.6 is 0 Å². The number of carboxylic acid groups (broad SMARTS) is 1. The minimum atomic E-state index is -0.818. The minimum absolute atomic E-state index is 0.0838. The average Bonchev–Trinajstić information content (AvgIpc) is 3.08. The van der Waals surface area contributed by atoms with Crippen molar-refractivity contribution in [2.75, 3.05) is 0 Å². The highest BCUT2D eigenvalue weighted by atomic mass is 19.1. The fraction of sp³-hybridized carbons (Fsp3) is 0.500. The van der Waals surface area contributed by atoms with E-state index in [4.69, 9.17) is 10.1 Å². The van der Waals surface area contributed by atoms with Crippen LogP contribution in [0.15, 0.2) is 47.5 Å². The van der Waals surface area contributed by atoms with Crippen LogP contribution in [0, 0.1) is 24.6 Å². The van der Waals surface area contributed by atoms with Gasteiger partial charge in [0.25, 0.3) is 5.91 Å². The zero-order valence-corrected chi connectivity index (χ0v) is 21.8. The molecule has 2 aromatic carbocycles. The topological polar surface area (TPSA) is 70.0 Å². The molecule has 4 rings (SSSR count). The van der Waals surface area contributed by atoms with Gasteiger partial charge in [0.2, 0.25) is 0 Å². The van der Waals surface area contributed by atoms with Crippen LogP contribution in [0.25, 0.3) is 0 Å². The van der Waals surface area contributed by atoms with Crippen LogP contribution in [0.3, 0.4) is 0 Å². The molecule has 1 spiro atoms. The van der Waals surface area contributed by atoms with Crippen molar-refractivity contribution in [3.63, 3.8) is 0 Å². The number of rotatable bonds is 8. The SMILES string of the molecule is CCCC(c1ccc(CCC(=O)O)cc1)N1C(=O)C(c2cccc(C)c2F)=NC12CC(C)CC(C)C2. The molecule has 1 aliphatic heterocycles. The van der Waals surface area contributed by atoms with E-state index in [2.05, 4.69) is 20.8 Å². The number of aliphatic imine (C=N–C) groups is 1. The molecule has 192 valence electrons. The third-order valence-corrected chi connectivity index (χ3v) is 7.66. The van der Waals surface area contributed by atoms with Gasteiger partial charge < -0.3 is 10.0 Å². The summed E-state index contributed by atoms with van der Waals surface area (Å²) < 4.78 is 15.2. The Morgan fingerprint density at radius 2 is 1.83 bits per heavy atom. The highest BCUT2D eigenvalue weighted by Crippen LogP contribution is 2.48. The first kappa shape index (κ1) is 26.1. The van der Waals surface area contributed by atoms with Crippen molar-refractivity contribution in [3.8, 4) is 0 Å². The summed E-state index contributed by atoms with van der Waals surface area (Å²) in [5, 5.41) is 9.02. The van der Waals surface area contributed by atoms with Crippen LogP contribution in [0.4, 0.5) is 4.39 Å². The summed E-state index contributed by atoms with van der Waals surface area (Å²) >= 11 is 0. The van der Waals surface area contributed by atoms with Gasteiger partial charge in [0.1, 0.15) is 17.2 Å². The van der Waals surface area contributed by atoms with E-state index in [1.165, 1.54) is 0 Å². The second-order valence-electron chi connectivity index (χ2n) is 10.8. The fourth-order valence-corrected chi connectivity index (χ4v) is 6.27. The Kier molecular flexibility index (Phi) is 7.62.